The molecule has 2 aliphatic heterocycles. The van der Waals surface area contributed by atoms with Crippen LogP contribution in [0.4, 0.5) is 8.78 Å². The van der Waals surface area contributed by atoms with E-state index >= 15 is 0 Å². The molecule has 1 fully saturated rings. The van der Waals surface area contributed by atoms with Gasteiger partial charge in [0.25, 0.3) is 5.91 Å². The number of likely N-dealkylation sites (tertiary alicyclic amines) is 1. The molecule has 2 aliphatic rings. The van der Waals surface area contributed by atoms with Crippen molar-refractivity contribution in [3.8, 4) is 0 Å². The molecule has 0 atom stereocenters. The van der Waals surface area contributed by atoms with Crippen molar-refractivity contribution in [1.29, 1.82) is 0 Å². The van der Waals surface area contributed by atoms with Crippen molar-refractivity contribution in [3.05, 3.63) is 106 Å². The van der Waals surface area contributed by atoms with Crippen molar-refractivity contribution in [2.24, 2.45) is 4.99 Å². The van der Waals surface area contributed by atoms with Gasteiger partial charge in [0, 0.05) is 25.7 Å². The number of H-pyrrole nitrogens is 1. The Labute approximate surface area is 224 Å². The Kier molecular flexibility index (Phi) is 6.60. The number of amides is 1. The van der Waals surface area contributed by atoms with Crippen LogP contribution in [0.1, 0.15) is 36.4 Å². The summed E-state index contributed by atoms with van der Waals surface area (Å²) in [7, 11) is 0. The molecule has 0 aliphatic carbocycles. The zero-order valence-corrected chi connectivity index (χ0v) is 21.4. The number of aromatic amines is 1. The second kappa shape index (κ2) is 10.2. The van der Waals surface area contributed by atoms with Crippen molar-refractivity contribution in [2.75, 3.05) is 26.2 Å². The number of imidazole rings is 1. The van der Waals surface area contributed by atoms with E-state index in [1.165, 1.54) is 24.3 Å². The van der Waals surface area contributed by atoms with Crippen LogP contribution in [0, 0.1) is 11.6 Å². The van der Waals surface area contributed by atoms with Crippen LogP contribution < -0.4 is 5.69 Å². The highest BCUT2D eigenvalue weighted by Gasteiger charge is 2.47. The number of hydrogen-bond donors (Lipinski definition) is 1. The molecule has 0 radical (unpaired) electrons. The number of aromatic nitrogens is 2. The first kappa shape index (κ1) is 25.2. The second-order valence-corrected chi connectivity index (χ2v) is 10.2. The van der Waals surface area contributed by atoms with Gasteiger partial charge in [-0.25, -0.2) is 18.6 Å². The molecular weight excluding hydrogens is 500 g/mol. The number of nitrogens with zero attached hydrogens (tertiary/aromatic N) is 4. The van der Waals surface area contributed by atoms with E-state index in [9.17, 15) is 18.4 Å². The molecule has 1 N–H and O–H groups in total. The predicted molar refractivity (Wildman–Crippen MR) is 146 cm³/mol. The molecule has 1 amide bonds. The topological polar surface area (TPSA) is 73.7 Å². The molecule has 4 aromatic rings. The van der Waals surface area contributed by atoms with Crippen molar-refractivity contribution in [1.82, 2.24) is 19.4 Å². The maximum Gasteiger partial charge on any atom is 0.326 e. The fourth-order valence-corrected chi connectivity index (χ4v) is 5.88. The molecule has 200 valence electrons. The lowest BCUT2D eigenvalue weighted by atomic mass is 9.82. The normalized spacial score (nSPS) is 17.9. The summed E-state index contributed by atoms with van der Waals surface area (Å²) >= 11 is 0. The average molecular weight is 530 g/mol. The van der Waals surface area contributed by atoms with Gasteiger partial charge in [-0.2, -0.15) is 0 Å². The Morgan fingerprint density at radius 2 is 1.46 bits per heavy atom. The third-order valence-corrected chi connectivity index (χ3v) is 7.90. The number of halogens is 2. The smallest absolute Gasteiger partial charge is 0.306 e. The number of aliphatic imine (C=N–C) groups is 1. The second-order valence-electron chi connectivity index (χ2n) is 10.2. The first-order valence-corrected chi connectivity index (χ1v) is 13.3. The maximum absolute atomic E-state index is 13.8. The number of nitrogens with one attached hydrogen (secondary N) is 1. The molecule has 0 saturated carbocycles. The fourth-order valence-electron chi connectivity index (χ4n) is 5.88. The standard InChI is InChI=1S/C30H29F2N5O2/c31-23-10-6-21(7-11-23)30(22-8-12-24(32)13-9-22)28(38)36(20-33-30)17-3-16-35-18-14-25(15-19-35)37-27-5-2-1-4-26(27)34-29(37)39/h1-2,4-13,20,25H,3,14-19H2,(H,34,39). The molecule has 7 nitrogen and oxygen atoms in total. The number of fused-ring (bicyclic) bond motifs is 1. The average Bonchev–Trinajstić information content (AvgIpc) is 3.46. The van der Waals surface area contributed by atoms with Gasteiger partial charge in [-0.1, -0.05) is 36.4 Å². The van der Waals surface area contributed by atoms with Gasteiger partial charge < -0.3 is 14.8 Å². The van der Waals surface area contributed by atoms with Crippen LogP contribution in [0.2, 0.25) is 0 Å². The molecule has 0 bridgehead atoms. The Bertz CT molecular complexity index is 1520. The van der Waals surface area contributed by atoms with E-state index in [1.54, 1.807) is 35.5 Å². The number of benzene rings is 3. The lowest BCUT2D eigenvalue weighted by Crippen LogP contribution is -2.42. The van der Waals surface area contributed by atoms with Crippen LogP contribution in [-0.2, 0) is 10.3 Å². The van der Waals surface area contributed by atoms with Crippen LogP contribution in [0.25, 0.3) is 11.0 Å². The first-order chi connectivity index (χ1) is 19.0. The van der Waals surface area contributed by atoms with Gasteiger partial charge >= 0.3 is 5.69 Å². The third-order valence-electron chi connectivity index (χ3n) is 7.90. The van der Waals surface area contributed by atoms with Gasteiger partial charge in [0.15, 0.2) is 5.54 Å². The minimum Gasteiger partial charge on any atom is -0.306 e. The molecule has 1 aromatic heterocycles. The summed E-state index contributed by atoms with van der Waals surface area (Å²) in [6.45, 7) is 3.03. The molecule has 3 aromatic carbocycles. The van der Waals surface area contributed by atoms with E-state index in [4.69, 9.17) is 0 Å². The Hall–Kier alpha value is -4.11. The monoisotopic (exact) mass is 529 g/mol. The molecule has 0 unspecified atom stereocenters. The minimum absolute atomic E-state index is 0.0627. The Morgan fingerprint density at radius 3 is 2.10 bits per heavy atom. The lowest BCUT2D eigenvalue weighted by molar-refractivity contribution is -0.130. The Morgan fingerprint density at radius 1 is 0.846 bits per heavy atom. The number of hydrogen-bond acceptors (Lipinski definition) is 4. The summed E-state index contributed by atoms with van der Waals surface area (Å²) in [5, 5.41) is 0. The predicted octanol–water partition coefficient (Wildman–Crippen LogP) is 4.45. The van der Waals surface area contributed by atoms with Gasteiger partial charge in [-0.3, -0.25) is 9.36 Å². The van der Waals surface area contributed by atoms with E-state index in [1.807, 2.05) is 28.8 Å². The fraction of sp³-hybridized carbons (Fsp3) is 0.300. The quantitative estimate of drug-likeness (QED) is 0.385. The maximum atomic E-state index is 13.8. The van der Waals surface area contributed by atoms with E-state index < -0.39 is 17.2 Å². The molecular formula is C30H29F2N5O2. The summed E-state index contributed by atoms with van der Waals surface area (Å²) in [6.07, 6.45) is 4.05. The third kappa shape index (κ3) is 4.57. The first-order valence-electron chi connectivity index (χ1n) is 13.3. The molecule has 9 heteroatoms. The number of piperidine rings is 1. The minimum atomic E-state index is -1.37. The lowest BCUT2D eigenvalue weighted by Gasteiger charge is -2.33. The SMILES string of the molecule is O=C1N(CCCN2CCC(n3c(=O)[nH]c4ccccc43)CC2)C=NC1(c1ccc(F)cc1)c1ccc(F)cc1. The highest BCUT2D eigenvalue weighted by Crippen LogP contribution is 2.39. The molecule has 3 heterocycles. The molecule has 1 saturated heterocycles. The number of rotatable bonds is 7. The molecule has 39 heavy (non-hydrogen) atoms. The number of para-hydroxylation sites is 2. The largest absolute Gasteiger partial charge is 0.326 e. The van der Waals surface area contributed by atoms with Crippen molar-refractivity contribution in [2.45, 2.75) is 30.8 Å². The van der Waals surface area contributed by atoms with Crippen LogP contribution in [0.3, 0.4) is 0 Å². The van der Waals surface area contributed by atoms with Crippen LogP contribution in [0.5, 0.6) is 0 Å². The van der Waals surface area contributed by atoms with E-state index in [0.29, 0.717) is 17.7 Å². The van der Waals surface area contributed by atoms with E-state index in [-0.39, 0.29) is 17.6 Å². The summed E-state index contributed by atoms with van der Waals surface area (Å²) < 4.78 is 29.2. The highest BCUT2D eigenvalue weighted by atomic mass is 19.1. The number of carbonyl (C=O) groups excluding carboxylic acids is 1. The highest BCUT2D eigenvalue weighted by molar-refractivity contribution is 6.03. The van der Waals surface area contributed by atoms with E-state index in [0.717, 1.165) is 49.9 Å². The van der Waals surface area contributed by atoms with Gasteiger partial charge in [0.2, 0.25) is 0 Å². The summed E-state index contributed by atoms with van der Waals surface area (Å²) in [4.78, 5) is 37.9. The zero-order valence-electron chi connectivity index (χ0n) is 21.4. The van der Waals surface area contributed by atoms with Crippen molar-refractivity contribution >= 4 is 23.3 Å². The van der Waals surface area contributed by atoms with Gasteiger partial charge in [-0.15, -0.1) is 0 Å². The Balaban J connectivity index is 1.10. The van der Waals surface area contributed by atoms with Crippen molar-refractivity contribution in [3.63, 3.8) is 0 Å². The summed E-state index contributed by atoms with van der Waals surface area (Å²) in [6, 6.07) is 19.4. The molecule has 0 spiro atoms. The van der Waals surface area contributed by atoms with Crippen LogP contribution in [0.15, 0.2) is 82.6 Å². The van der Waals surface area contributed by atoms with Gasteiger partial charge in [0.05, 0.1) is 17.4 Å². The zero-order chi connectivity index (χ0) is 27.0. The molecule has 6 rings (SSSR count). The van der Waals surface area contributed by atoms with Gasteiger partial charge in [0.1, 0.15) is 11.6 Å². The van der Waals surface area contributed by atoms with Crippen molar-refractivity contribution < 1.29 is 13.6 Å². The van der Waals surface area contributed by atoms with Crippen LogP contribution in [-0.4, -0.2) is 57.8 Å². The van der Waals surface area contributed by atoms with Gasteiger partial charge in [-0.05, 0) is 73.3 Å². The summed E-state index contributed by atoms with van der Waals surface area (Å²) in [5.74, 6) is -1.05. The number of carbonyl (C=O) groups is 1. The summed E-state index contributed by atoms with van der Waals surface area (Å²) in [5.41, 5.74) is 1.44. The van der Waals surface area contributed by atoms with E-state index in [2.05, 4.69) is 14.9 Å². The van der Waals surface area contributed by atoms with Crippen LogP contribution >= 0.6 is 0 Å².